The van der Waals surface area contributed by atoms with Gasteiger partial charge >= 0.3 is 0 Å². The van der Waals surface area contributed by atoms with Gasteiger partial charge in [0.15, 0.2) is 0 Å². The van der Waals surface area contributed by atoms with E-state index in [1.165, 1.54) is 0 Å². The number of likely N-dealkylation sites (N-methyl/N-ethyl adjacent to an activating group) is 1. The quantitative estimate of drug-likeness (QED) is 0.671. The highest BCUT2D eigenvalue weighted by Gasteiger charge is 2.14. The molecule has 2 atom stereocenters. The lowest BCUT2D eigenvalue weighted by Gasteiger charge is -2.19. The van der Waals surface area contributed by atoms with Crippen molar-refractivity contribution in [1.82, 2.24) is 10.2 Å². The summed E-state index contributed by atoms with van der Waals surface area (Å²) >= 11 is 0. The molecule has 0 radical (unpaired) electrons. The highest BCUT2D eigenvalue weighted by molar-refractivity contribution is 4.93. The van der Waals surface area contributed by atoms with Crippen LogP contribution in [0.15, 0.2) is 0 Å². The Kier molecular flexibility index (Phi) is 7.45. The minimum atomic E-state index is 0.00917. The van der Waals surface area contributed by atoms with Crippen LogP contribution in [0.2, 0.25) is 0 Å². The molecule has 0 aliphatic heterocycles. The van der Waals surface area contributed by atoms with Crippen molar-refractivity contribution in [2.75, 3.05) is 27.2 Å². The fourth-order valence-corrected chi connectivity index (χ4v) is 1.44. The van der Waals surface area contributed by atoms with Crippen LogP contribution < -0.4 is 5.32 Å². The maximum Gasteiger partial charge on any atom is 0.0979 e. The summed E-state index contributed by atoms with van der Waals surface area (Å²) in [6.07, 6.45) is 2.27. The van der Waals surface area contributed by atoms with Crippen LogP contribution >= 0.6 is 0 Å². The summed E-state index contributed by atoms with van der Waals surface area (Å²) in [5.41, 5.74) is 0. The lowest BCUT2D eigenvalue weighted by atomic mass is 9.98. The van der Waals surface area contributed by atoms with Gasteiger partial charge in [-0.25, -0.2) is 0 Å². The smallest absolute Gasteiger partial charge is 0.0979 e. The van der Waals surface area contributed by atoms with Crippen molar-refractivity contribution in [1.29, 1.82) is 5.26 Å². The molecule has 2 unspecified atom stereocenters. The third kappa shape index (κ3) is 5.95. The highest BCUT2D eigenvalue weighted by atomic mass is 15.1. The zero-order valence-electron chi connectivity index (χ0n) is 9.88. The molecule has 0 fully saturated rings. The Morgan fingerprint density at radius 2 is 2.07 bits per heavy atom. The summed E-state index contributed by atoms with van der Waals surface area (Å²) < 4.78 is 0. The molecule has 1 N–H and O–H groups in total. The lowest BCUT2D eigenvalue weighted by Crippen LogP contribution is -2.37. The van der Waals surface area contributed by atoms with Gasteiger partial charge in [0.2, 0.25) is 0 Å². The molecule has 82 valence electrons. The zero-order valence-corrected chi connectivity index (χ0v) is 9.88. The Labute approximate surface area is 88.1 Å². The summed E-state index contributed by atoms with van der Waals surface area (Å²) in [5, 5.41) is 12.2. The van der Waals surface area contributed by atoms with Crippen LogP contribution in [-0.2, 0) is 0 Å². The van der Waals surface area contributed by atoms with Gasteiger partial charge in [0, 0.05) is 13.1 Å². The van der Waals surface area contributed by atoms with Crippen LogP contribution in [0.3, 0.4) is 0 Å². The number of nitrogens with one attached hydrogen (secondary N) is 1. The molecule has 0 heterocycles. The maximum atomic E-state index is 8.96. The minimum absolute atomic E-state index is 0.00917. The number of hydrogen-bond donors (Lipinski definition) is 1. The van der Waals surface area contributed by atoms with Crippen molar-refractivity contribution < 1.29 is 0 Å². The van der Waals surface area contributed by atoms with Gasteiger partial charge in [0.05, 0.1) is 12.1 Å². The Balaban J connectivity index is 3.74. The molecule has 0 saturated heterocycles. The third-order valence-electron chi connectivity index (χ3n) is 2.38. The van der Waals surface area contributed by atoms with Gasteiger partial charge in [-0.3, -0.25) is 0 Å². The topological polar surface area (TPSA) is 39.1 Å². The molecule has 0 aliphatic rings. The lowest BCUT2D eigenvalue weighted by molar-refractivity contribution is 0.361. The molecule has 0 spiro atoms. The predicted octanol–water partition coefficient (Wildman–Crippen LogP) is 1.47. The molecule has 0 amide bonds. The number of rotatable bonds is 7. The van der Waals surface area contributed by atoms with Crippen molar-refractivity contribution >= 4 is 0 Å². The van der Waals surface area contributed by atoms with Gasteiger partial charge in [-0.2, -0.15) is 5.26 Å². The molecule has 14 heavy (non-hydrogen) atoms. The van der Waals surface area contributed by atoms with Gasteiger partial charge in [-0.1, -0.05) is 20.3 Å². The van der Waals surface area contributed by atoms with Crippen LogP contribution in [0.4, 0.5) is 0 Å². The molecule has 0 aliphatic carbocycles. The summed E-state index contributed by atoms with van der Waals surface area (Å²) in [6, 6.07) is 2.34. The van der Waals surface area contributed by atoms with Crippen molar-refractivity contribution in [3.8, 4) is 6.07 Å². The van der Waals surface area contributed by atoms with Gasteiger partial charge in [0.1, 0.15) is 0 Å². The monoisotopic (exact) mass is 197 g/mol. The Hall–Kier alpha value is -0.590. The standard InChI is InChI=1S/C11H23N3/c1-5-6-10(2)11(9-12)13-7-8-14(3)4/h10-11,13H,5-8H2,1-4H3. The zero-order chi connectivity index (χ0) is 11.0. The first-order chi connectivity index (χ1) is 6.61. The first-order valence-corrected chi connectivity index (χ1v) is 5.39. The second-order valence-corrected chi connectivity index (χ2v) is 4.13. The minimum Gasteiger partial charge on any atom is -0.308 e. The fraction of sp³-hybridized carbons (Fsp3) is 0.909. The predicted molar refractivity (Wildman–Crippen MR) is 60.0 cm³/mol. The van der Waals surface area contributed by atoms with E-state index in [1.54, 1.807) is 0 Å². The van der Waals surface area contributed by atoms with Crippen molar-refractivity contribution in [2.45, 2.75) is 32.7 Å². The molecular weight excluding hydrogens is 174 g/mol. The average molecular weight is 197 g/mol. The molecule has 0 aromatic rings. The average Bonchev–Trinajstić information content (AvgIpc) is 2.12. The molecule has 3 heteroatoms. The van der Waals surface area contributed by atoms with E-state index >= 15 is 0 Å². The van der Waals surface area contributed by atoms with E-state index in [9.17, 15) is 0 Å². The van der Waals surface area contributed by atoms with Crippen LogP contribution in [0.25, 0.3) is 0 Å². The van der Waals surface area contributed by atoms with Crippen LogP contribution in [0.5, 0.6) is 0 Å². The van der Waals surface area contributed by atoms with E-state index in [1.807, 2.05) is 14.1 Å². The molecule has 0 aromatic carbocycles. The SMILES string of the molecule is CCCC(C)C(C#N)NCCN(C)C. The van der Waals surface area contributed by atoms with Gasteiger partial charge in [-0.05, 0) is 26.4 Å². The van der Waals surface area contributed by atoms with Gasteiger partial charge in [-0.15, -0.1) is 0 Å². The van der Waals surface area contributed by atoms with Crippen molar-refractivity contribution in [3.63, 3.8) is 0 Å². The second-order valence-electron chi connectivity index (χ2n) is 4.13. The summed E-state index contributed by atoms with van der Waals surface area (Å²) in [7, 11) is 4.08. The Morgan fingerprint density at radius 3 is 2.50 bits per heavy atom. The summed E-state index contributed by atoms with van der Waals surface area (Å²) in [4.78, 5) is 2.12. The van der Waals surface area contributed by atoms with E-state index in [0.29, 0.717) is 5.92 Å². The molecule has 0 rings (SSSR count). The van der Waals surface area contributed by atoms with E-state index in [4.69, 9.17) is 5.26 Å². The van der Waals surface area contributed by atoms with E-state index in [2.05, 4.69) is 30.1 Å². The first kappa shape index (κ1) is 13.4. The molecular formula is C11H23N3. The Bertz CT molecular complexity index is 172. The third-order valence-corrected chi connectivity index (χ3v) is 2.38. The number of hydrogen-bond acceptors (Lipinski definition) is 3. The summed E-state index contributed by atoms with van der Waals surface area (Å²) in [6.45, 7) is 6.17. The van der Waals surface area contributed by atoms with Gasteiger partial charge in [0.25, 0.3) is 0 Å². The molecule has 0 bridgehead atoms. The Morgan fingerprint density at radius 1 is 1.43 bits per heavy atom. The highest BCUT2D eigenvalue weighted by Crippen LogP contribution is 2.09. The summed E-state index contributed by atoms with van der Waals surface area (Å²) in [5.74, 6) is 0.451. The van der Waals surface area contributed by atoms with Crippen molar-refractivity contribution in [3.05, 3.63) is 0 Å². The number of nitrogens with zero attached hydrogens (tertiary/aromatic N) is 2. The fourth-order valence-electron chi connectivity index (χ4n) is 1.44. The molecule has 3 nitrogen and oxygen atoms in total. The first-order valence-electron chi connectivity index (χ1n) is 5.39. The van der Waals surface area contributed by atoms with E-state index in [-0.39, 0.29) is 6.04 Å². The van der Waals surface area contributed by atoms with Crippen LogP contribution in [0, 0.1) is 17.2 Å². The molecule has 0 aromatic heterocycles. The van der Waals surface area contributed by atoms with Crippen molar-refractivity contribution in [2.24, 2.45) is 5.92 Å². The molecule has 0 saturated carbocycles. The van der Waals surface area contributed by atoms with E-state index < -0.39 is 0 Å². The second kappa shape index (κ2) is 7.78. The van der Waals surface area contributed by atoms with Crippen LogP contribution in [-0.4, -0.2) is 38.1 Å². The normalized spacial score (nSPS) is 15.1. The number of nitriles is 1. The largest absolute Gasteiger partial charge is 0.308 e. The van der Waals surface area contributed by atoms with Gasteiger partial charge < -0.3 is 10.2 Å². The van der Waals surface area contributed by atoms with E-state index in [0.717, 1.165) is 25.9 Å². The maximum absolute atomic E-state index is 8.96. The van der Waals surface area contributed by atoms with Crippen LogP contribution in [0.1, 0.15) is 26.7 Å².